The zero-order valence-electron chi connectivity index (χ0n) is 9.64. The van der Waals surface area contributed by atoms with Crippen molar-refractivity contribution in [2.45, 2.75) is 13.5 Å². The molecule has 0 saturated heterocycles. The lowest BCUT2D eigenvalue weighted by Crippen LogP contribution is -2.01. The summed E-state index contributed by atoms with van der Waals surface area (Å²) in [5.74, 6) is 0.0823. The number of aliphatic hydroxyl groups is 1. The van der Waals surface area contributed by atoms with Crippen molar-refractivity contribution >= 4 is 0 Å². The van der Waals surface area contributed by atoms with Gasteiger partial charge in [-0.2, -0.15) is 5.10 Å². The Kier molecular flexibility index (Phi) is 3.10. The van der Waals surface area contributed by atoms with Crippen LogP contribution in [-0.2, 0) is 6.61 Å². The average Bonchev–Trinajstić information content (AvgIpc) is 2.65. The number of halogens is 1. The molecular formula is C12H13FN2O2. The van der Waals surface area contributed by atoms with E-state index < -0.39 is 0 Å². The van der Waals surface area contributed by atoms with Crippen molar-refractivity contribution in [3.05, 3.63) is 41.3 Å². The van der Waals surface area contributed by atoms with Gasteiger partial charge in [-0.1, -0.05) is 6.07 Å². The summed E-state index contributed by atoms with van der Waals surface area (Å²) in [6, 6.07) is 6.04. The highest BCUT2D eigenvalue weighted by Gasteiger charge is 2.16. The molecule has 1 heterocycles. The quantitative estimate of drug-likeness (QED) is 0.884. The van der Waals surface area contributed by atoms with Crippen LogP contribution in [0.3, 0.4) is 0 Å². The van der Waals surface area contributed by atoms with E-state index in [1.807, 2.05) is 0 Å². The van der Waals surface area contributed by atoms with Crippen molar-refractivity contribution in [1.82, 2.24) is 9.78 Å². The Morgan fingerprint density at radius 2 is 2.24 bits per heavy atom. The van der Waals surface area contributed by atoms with E-state index in [2.05, 4.69) is 5.10 Å². The summed E-state index contributed by atoms with van der Waals surface area (Å²) < 4.78 is 19.8. The standard InChI is InChI=1S/C12H13FN2O2/c1-8-11(7-16)12(17-2)15(14-8)10-5-3-4-9(13)6-10/h3-6,16H,7H2,1-2H3. The molecule has 17 heavy (non-hydrogen) atoms. The molecule has 5 heteroatoms. The lowest BCUT2D eigenvalue weighted by molar-refractivity contribution is 0.271. The Morgan fingerprint density at radius 1 is 1.47 bits per heavy atom. The Labute approximate surface area is 98.3 Å². The van der Waals surface area contributed by atoms with Crippen LogP contribution in [0.25, 0.3) is 5.69 Å². The summed E-state index contributed by atoms with van der Waals surface area (Å²) in [5.41, 5.74) is 1.83. The van der Waals surface area contributed by atoms with Gasteiger partial charge in [0.05, 0.1) is 30.7 Å². The minimum Gasteiger partial charge on any atom is -0.481 e. The highest BCUT2D eigenvalue weighted by Crippen LogP contribution is 2.25. The second-order valence-electron chi connectivity index (χ2n) is 3.62. The van der Waals surface area contributed by atoms with Crippen molar-refractivity contribution in [3.63, 3.8) is 0 Å². The molecule has 0 amide bonds. The lowest BCUT2D eigenvalue weighted by atomic mass is 10.2. The number of hydrogen-bond donors (Lipinski definition) is 1. The molecule has 2 rings (SSSR count). The maximum atomic E-state index is 13.1. The van der Waals surface area contributed by atoms with E-state index >= 15 is 0 Å². The number of rotatable bonds is 3. The molecule has 0 aliphatic carbocycles. The van der Waals surface area contributed by atoms with Crippen molar-refractivity contribution in [3.8, 4) is 11.6 Å². The molecule has 2 aromatic rings. The molecule has 1 aromatic heterocycles. The molecule has 0 aliphatic heterocycles. The molecular weight excluding hydrogens is 223 g/mol. The fraction of sp³-hybridized carbons (Fsp3) is 0.250. The van der Waals surface area contributed by atoms with Crippen LogP contribution < -0.4 is 4.74 Å². The highest BCUT2D eigenvalue weighted by molar-refractivity contribution is 5.41. The van der Waals surface area contributed by atoms with Gasteiger partial charge in [0.1, 0.15) is 5.82 Å². The van der Waals surface area contributed by atoms with Crippen molar-refractivity contribution in [1.29, 1.82) is 0 Å². The maximum absolute atomic E-state index is 13.1. The van der Waals surface area contributed by atoms with Gasteiger partial charge in [0.25, 0.3) is 0 Å². The summed E-state index contributed by atoms with van der Waals surface area (Å²) in [5, 5.41) is 13.5. The molecule has 0 radical (unpaired) electrons. The third kappa shape index (κ3) is 2.01. The Morgan fingerprint density at radius 3 is 2.82 bits per heavy atom. The fourth-order valence-corrected chi connectivity index (χ4v) is 1.71. The second-order valence-corrected chi connectivity index (χ2v) is 3.62. The number of nitrogens with zero attached hydrogens (tertiary/aromatic N) is 2. The predicted octanol–water partition coefficient (Wildman–Crippen LogP) is 1.82. The van der Waals surface area contributed by atoms with Gasteiger partial charge in [0, 0.05) is 0 Å². The lowest BCUT2D eigenvalue weighted by Gasteiger charge is -2.07. The number of hydrogen-bond acceptors (Lipinski definition) is 3. The van der Waals surface area contributed by atoms with Crippen LogP contribution in [0.5, 0.6) is 5.88 Å². The molecule has 0 atom stereocenters. The number of ether oxygens (including phenoxy) is 1. The molecule has 0 fully saturated rings. The SMILES string of the molecule is COc1c(CO)c(C)nn1-c1cccc(F)c1. The summed E-state index contributed by atoms with van der Waals surface area (Å²) in [6.45, 7) is 1.61. The van der Waals surface area contributed by atoms with Gasteiger partial charge in [-0.05, 0) is 25.1 Å². The largest absolute Gasteiger partial charge is 0.481 e. The van der Waals surface area contributed by atoms with Crippen LogP contribution in [0.2, 0.25) is 0 Å². The number of aryl methyl sites for hydroxylation is 1. The molecule has 0 bridgehead atoms. The Balaban J connectivity index is 2.59. The van der Waals surface area contributed by atoms with E-state index in [4.69, 9.17) is 4.74 Å². The third-order valence-electron chi connectivity index (χ3n) is 2.54. The summed E-state index contributed by atoms with van der Waals surface area (Å²) in [6.07, 6.45) is 0. The molecule has 0 unspecified atom stereocenters. The van der Waals surface area contributed by atoms with Gasteiger partial charge >= 0.3 is 0 Å². The fourth-order valence-electron chi connectivity index (χ4n) is 1.71. The zero-order valence-corrected chi connectivity index (χ0v) is 9.64. The Bertz CT molecular complexity index is 537. The van der Waals surface area contributed by atoms with Crippen LogP contribution in [0, 0.1) is 12.7 Å². The second kappa shape index (κ2) is 4.55. The van der Waals surface area contributed by atoms with Crippen molar-refractivity contribution < 1.29 is 14.2 Å². The smallest absolute Gasteiger partial charge is 0.222 e. The van der Waals surface area contributed by atoms with E-state index in [-0.39, 0.29) is 12.4 Å². The van der Waals surface area contributed by atoms with Crippen LogP contribution in [0.4, 0.5) is 4.39 Å². The van der Waals surface area contributed by atoms with Crippen LogP contribution in [0.15, 0.2) is 24.3 Å². The first-order valence-corrected chi connectivity index (χ1v) is 5.16. The summed E-state index contributed by atoms with van der Waals surface area (Å²) in [4.78, 5) is 0. The maximum Gasteiger partial charge on any atom is 0.222 e. The van der Waals surface area contributed by atoms with Crippen LogP contribution in [0.1, 0.15) is 11.3 Å². The van der Waals surface area contributed by atoms with Crippen molar-refractivity contribution in [2.75, 3.05) is 7.11 Å². The van der Waals surface area contributed by atoms with E-state index in [0.29, 0.717) is 22.8 Å². The Hall–Kier alpha value is -1.88. The molecule has 4 nitrogen and oxygen atoms in total. The van der Waals surface area contributed by atoms with Gasteiger partial charge in [0.2, 0.25) is 5.88 Å². The van der Waals surface area contributed by atoms with E-state index in [1.54, 1.807) is 19.1 Å². The van der Waals surface area contributed by atoms with Crippen molar-refractivity contribution in [2.24, 2.45) is 0 Å². The summed E-state index contributed by atoms with van der Waals surface area (Å²) >= 11 is 0. The average molecular weight is 236 g/mol. The number of aromatic nitrogens is 2. The van der Waals surface area contributed by atoms with Gasteiger partial charge in [-0.15, -0.1) is 0 Å². The van der Waals surface area contributed by atoms with E-state index in [0.717, 1.165) is 0 Å². The van der Waals surface area contributed by atoms with Crippen LogP contribution >= 0.6 is 0 Å². The number of aliphatic hydroxyl groups excluding tert-OH is 1. The first-order chi connectivity index (χ1) is 8.17. The summed E-state index contributed by atoms with van der Waals surface area (Å²) in [7, 11) is 1.49. The number of benzene rings is 1. The molecule has 1 N–H and O–H groups in total. The molecule has 1 aromatic carbocycles. The first-order valence-electron chi connectivity index (χ1n) is 5.16. The number of methoxy groups -OCH3 is 1. The third-order valence-corrected chi connectivity index (χ3v) is 2.54. The van der Waals surface area contributed by atoms with Gasteiger partial charge in [-0.3, -0.25) is 0 Å². The van der Waals surface area contributed by atoms with Gasteiger partial charge in [-0.25, -0.2) is 9.07 Å². The molecule has 0 saturated carbocycles. The molecule has 90 valence electrons. The zero-order chi connectivity index (χ0) is 12.4. The van der Waals surface area contributed by atoms with Gasteiger partial charge < -0.3 is 9.84 Å². The first kappa shape index (κ1) is 11.6. The normalized spacial score (nSPS) is 10.6. The topological polar surface area (TPSA) is 47.3 Å². The van der Waals surface area contributed by atoms with E-state index in [1.165, 1.54) is 23.9 Å². The minimum absolute atomic E-state index is 0.162. The highest BCUT2D eigenvalue weighted by atomic mass is 19.1. The van der Waals surface area contributed by atoms with Crippen LogP contribution in [-0.4, -0.2) is 22.0 Å². The van der Waals surface area contributed by atoms with Gasteiger partial charge in [0.15, 0.2) is 0 Å². The molecule has 0 spiro atoms. The van der Waals surface area contributed by atoms with E-state index in [9.17, 15) is 9.50 Å². The predicted molar refractivity (Wildman–Crippen MR) is 60.7 cm³/mol. The minimum atomic E-state index is -0.344. The monoisotopic (exact) mass is 236 g/mol. The molecule has 0 aliphatic rings.